The lowest BCUT2D eigenvalue weighted by Gasteiger charge is -2.03. The maximum atomic E-state index is 11.7. The lowest BCUT2D eigenvalue weighted by atomic mass is 10.1. The lowest BCUT2D eigenvalue weighted by Crippen LogP contribution is -2.20. The van der Waals surface area contributed by atoms with Crippen LogP contribution in [0.3, 0.4) is 0 Å². The zero-order valence-electron chi connectivity index (χ0n) is 11.3. The first-order valence-corrected chi connectivity index (χ1v) is 6.78. The average molecular weight is 286 g/mol. The minimum absolute atomic E-state index is 0.119. The number of aryl methyl sites for hydroxylation is 1. The number of halogens is 1. The van der Waals surface area contributed by atoms with Gasteiger partial charge in [-0.25, -0.2) is 0 Å². The molecule has 2 nitrogen and oxygen atoms in total. The molecule has 0 aliphatic rings. The van der Waals surface area contributed by atoms with Crippen molar-refractivity contribution in [3.8, 4) is 0 Å². The number of benzene rings is 2. The van der Waals surface area contributed by atoms with E-state index in [9.17, 15) is 4.79 Å². The zero-order valence-corrected chi connectivity index (χ0v) is 12.0. The third-order valence-electron chi connectivity index (χ3n) is 2.83. The minimum atomic E-state index is -0.119. The molecule has 0 saturated heterocycles. The van der Waals surface area contributed by atoms with Crippen molar-refractivity contribution in [1.82, 2.24) is 5.32 Å². The van der Waals surface area contributed by atoms with Crippen molar-refractivity contribution in [2.45, 2.75) is 13.5 Å². The molecule has 102 valence electrons. The molecule has 3 heteroatoms. The van der Waals surface area contributed by atoms with Crippen LogP contribution in [0, 0.1) is 6.92 Å². The molecule has 20 heavy (non-hydrogen) atoms. The van der Waals surface area contributed by atoms with Crippen LogP contribution in [0.25, 0.3) is 6.08 Å². The lowest BCUT2D eigenvalue weighted by molar-refractivity contribution is -0.116. The van der Waals surface area contributed by atoms with Crippen LogP contribution in [0.2, 0.25) is 5.02 Å². The quantitative estimate of drug-likeness (QED) is 0.846. The zero-order chi connectivity index (χ0) is 14.4. The van der Waals surface area contributed by atoms with Crippen LogP contribution < -0.4 is 5.32 Å². The van der Waals surface area contributed by atoms with E-state index in [-0.39, 0.29) is 5.91 Å². The second-order valence-corrected chi connectivity index (χ2v) is 5.03. The molecule has 0 aliphatic carbocycles. The van der Waals surface area contributed by atoms with Crippen molar-refractivity contribution in [2.24, 2.45) is 0 Å². The Morgan fingerprint density at radius 3 is 2.75 bits per heavy atom. The van der Waals surface area contributed by atoms with E-state index in [1.54, 1.807) is 12.2 Å². The standard InChI is InChI=1S/C17H16ClNO/c1-13-4-2-5-14(10-13)8-9-17(20)19-12-15-6-3-7-16(18)11-15/h2-11H,12H2,1H3,(H,19,20)/b9-8+. The third kappa shape index (κ3) is 4.56. The van der Waals surface area contributed by atoms with Crippen molar-refractivity contribution in [3.05, 3.63) is 76.3 Å². The van der Waals surface area contributed by atoms with Gasteiger partial charge in [0, 0.05) is 17.6 Å². The van der Waals surface area contributed by atoms with Crippen LogP contribution in [-0.4, -0.2) is 5.91 Å². The summed E-state index contributed by atoms with van der Waals surface area (Å²) in [6.45, 7) is 2.49. The summed E-state index contributed by atoms with van der Waals surface area (Å²) in [7, 11) is 0. The Kier molecular flexibility index (Phi) is 4.97. The van der Waals surface area contributed by atoms with Gasteiger partial charge in [-0.1, -0.05) is 53.6 Å². The van der Waals surface area contributed by atoms with Crippen molar-refractivity contribution in [1.29, 1.82) is 0 Å². The molecule has 0 saturated carbocycles. The number of carbonyl (C=O) groups is 1. The fraction of sp³-hybridized carbons (Fsp3) is 0.118. The summed E-state index contributed by atoms with van der Waals surface area (Å²) in [5, 5.41) is 3.50. The summed E-state index contributed by atoms with van der Waals surface area (Å²) in [4.78, 5) is 11.7. The molecule has 0 bridgehead atoms. The maximum absolute atomic E-state index is 11.7. The number of nitrogens with one attached hydrogen (secondary N) is 1. The molecular formula is C17H16ClNO. The Bertz CT molecular complexity index is 634. The van der Waals surface area contributed by atoms with Crippen LogP contribution in [0.1, 0.15) is 16.7 Å². The van der Waals surface area contributed by atoms with Gasteiger partial charge in [0.1, 0.15) is 0 Å². The second-order valence-electron chi connectivity index (χ2n) is 4.60. The van der Waals surface area contributed by atoms with Gasteiger partial charge in [0.05, 0.1) is 0 Å². The highest BCUT2D eigenvalue weighted by Gasteiger charge is 1.98. The fourth-order valence-corrected chi connectivity index (χ4v) is 2.05. The van der Waals surface area contributed by atoms with Gasteiger partial charge in [0.15, 0.2) is 0 Å². The molecule has 2 rings (SSSR count). The molecule has 0 aliphatic heterocycles. The normalized spacial score (nSPS) is 10.7. The van der Waals surface area contributed by atoms with Gasteiger partial charge in [-0.3, -0.25) is 4.79 Å². The monoisotopic (exact) mass is 285 g/mol. The van der Waals surface area contributed by atoms with E-state index in [1.165, 1.54) is 5.56 Å². The van der Waals surface area contributed by atoms with Crippen LogP contribution in [0.15, 0.2) is 54.6 Å². The summed E-state index contributed by atoms with van der Waals surface area (Å²) in [5.41, 5.74) is 3.17. The SMILES string of the molecule is Cc1cccc(/C=C/C(=O)NCc2cccc(Cl)c2)c1. The summed E-state index contributed by atoms with van der Waals surface area (Å²) in [5.74, 6) is -0.119. The molecule has 0 fully saturated rings. The molecule has 2 aromatic carbocycles. The summed E-state index contributed by atoms with van der Waals surface area (Å²) in [6, 6.07) is 15.4. The Hall–Kier alpha value is -2.06. The van der Waals surface area contributed by atoms with E-state index in [4.69, 9.17) is 11.6 Å². The molecular weight excluding hydrogens is 270 g/mol. The predicted molar refractivity (Wildman–Crippen MR) is 83.5 cm³/mol. The average Bonchev–Trinajstić information content (AvgIpc) is 2.43. The number of carbonyl (C=O) groups excluding carboxylic acids is 1. The fourth-order valence-electron chi connectivity index (χ4n) is 1.84. The van der Waals surface area contributed by atoms with Crippen LogP contribution in [0.5, 0.6) is 0 Å². The topological polar surface area (TPSA) is 29.1 Å². The molecule has 0 spiro atoms. The third-order valence-corrected chi connectivity index (χ3v) is 3.06. The number of rotatable bonds is 4. The molecule has 0 aromatic heterocycles. The smallest absolute Gasteiger partial charge is 0.244 e. The van der Waals surface area contributed by atoms with Crippen LogP contribution in [0.4, 0.5) is 0 Å². The number of hydrogen-bond donors (Lipinski definition) is 1. The summed E-state index contributed by atoms with van der Waals surface area (Å²) < 4.78 is 0. The second kappa shape index (κ2) is 6.92. The Morgan fingerprint density at radius 2 is 2.00 bits per heavy atom. The van der Waals surface area contributed by atoms with Crippen LogP contribution in [-0.2, 0) is 11.3 Å². The van der Waals surface area contributed by atoms with E-state index in [1.807, 2.05) is 55.5 Å². The van der Waals surface area contributed by atoms with Gasteiger partial charge in [-0.2, -0.15) is 0 Å². The Morgan fingerprint density at radius 1 is 1.20 bits per heavy atom. The van der Waals surface area contributed by atoms with Crippen molar-refractivity contribution >= 4 is 23.6 Å². The Balaban J connectivity index is 1.89. The predicted octanol–water partition coefficient (Wildman–Crippen LogP) is 3.98. The van der Waals surface area contributed by atoms with E-state index in [0.29, 0.717) is 11.6 Å². The molecule has 2 aromatic rings. The summed E-state index contributed by atoms with van der Waals surface area (Å²) in [6.07, 6.45) is 3.35. The first kappa shape index (κ1) is 14.4. The maximum Gasteiger partial charge on any atom is 0.244 e. The van der Waals surface area contributed by atoms with Crippen molar-refractivity contribution < 1.29 is 4.79 Å². The Labute approximate surface area is 124 Å². The highest BCUT2D eigenvalue weighted by molar-refractivity contribution is 6.30. The molecule has 0 radical (unpaired) electrons. The van der Waals surface area contributed by atoms with Gasteiger partial charge in [-0.05, 0) is 36.3 Å². The minimum Gasteiger partial charge on any atom is -0.348 e. The highest BCUT2D eigenvalue weighted by Crippen LogP contribution is 2.10. The first-order chi connectivity index (χ1) is 9.63. The van der Waals surface area contributed by atoms with Gasteiger partial charge < -0.3 is 5.32 Å². The molecule has 0 atom stereocenters. The number of amides is 1. The first-order valence-electron chi connectivity index (χ1n) is 6.40. The van der Waals surface area contributed by atoms with E-state index in [2.05, 4.69) is 5.32 Å². The van der Waals surface area contributed by atoms with Crippen LogP contribution >= 0.6 is 11.6 Å². The van der Waals surface area contributed by atoms with Gasteiger partial charge in [0.25, 0.3) is 0 Å². The van der Waals surface area contributed by atoms with Crippen molar-refractivity contribution in [3.63, 3.8) is 0 Å². The highest BCUT2D eigenvalue weighted by atomic mass is 35.5. The summed E-state index contributed by atoms with van der Waals surface area (Å²) >= 11 is 5.89. The van der Waals surface area contributed by atoms with Gasteiger partial charge in [-0.15, -0.1) is 0 Å². The molecule has 0 heterocycles. The molecule has 1 amide bonds. The van der Waals surface area contributed by atoms with E-state index in [0.717, 1.165) is 11.1 Å². The van der Waals surface area contributed by atoms with E-state index < -0.39 is 0 Å². The number of hydrogen-bond acceptors (Lipinski definition) is 1. The van der Waals surface area contributed by atoms with Crippen molar-refractivity contribution in [2.75, 3.05) is 0 Å². The molecule has 1 N–H and O–H groups in total. The van der Waals surface area contributed by atoms with Gasteiger partial charge >= 0.3 is 0 Å². The van der Waals surface area contributed by atoms with Gasteiger partial charge in [0.2, 0.25) is 5.91 Å². The largest absolute Gasteiger partial charge is 0.348 e. The van der Waals surface area contributed by atoms with E-state index >= 15 is 0 Å². The molecule has 0 unspecified atom stereocenters.